The summed E-state index contributed by atoms with van der Waals surface area (Å²) in [6.07, 6.45) is 0.965. The number of methoxy groups -OCH3 is 1. The van der Waals surface area contributed by atoms with E-state index in [1.807, 2.05) is 38.1 Å². The number of benzene rings is 2. The number of hydrogen-bond acceptors (Lipinski definition) is 4. The van der Waals surface area contributed by atoms with Crippen molar-refractivity contribution in [1.82, 2.24) is 5.32 Å². The topological polar surface area (TPSA) is 67.9 Å². The number of carbonyl (C=O) groups excluding carboxylic acids is 2. The van der Waals surface area contributed by atoms with E-state index in [2.05, 4.69) is 25.2 Å². The summed E-state index contributed by atoms with van der Waals surface area (Å²) in [7, 11) is 1.62. The summed E-state index contributed by atoms with van der Waals surface area (Å²) in [5.74, 6) is 1.55. The van der Waals surface area contributed by atoms with Gasteiger partial charge in [-0.25, -0.2) is 0 Å². The zero-order chi connectivity index (χ0) is 22.7. The van der Waals surface area contributed by atoms with E-state index in [4.69, 9.17) is 9.47 Å². The molecule has 6 nitrogen and oxygen atoms in total. The van der Waals surface area contributed by atoms with Crippen molar-refractivity contribution in [2.24, 2.45) is 5.92 Å². The average molecular weight is 425 g/mol. The van der Waals surface area contributed by atoms with Crippen LogP contribution in [0.15, 0.2) is 30.3 Å². The van der Waals surface area contributed by atoms with Crippen molar-refractivity contribution < 1.29 is 19.1 Å². The van der Waals surface area contributed by atoms with E-state index in [0.717, 1.165) is 34.4 Å². The highest BCUT2D eigenvalue weighted by molar-refractivity contribution is 6.06. The molecular formula is C25H32N2O4. The molecule has 1 heterocycles. The smallest absolute Gasteiger partial charge is 0.254 e. The van der Waals surface area contributed by atoms with E-state index in [1.54, 1.807) is 12.0 Å². The van der Waals surface area contributed by atoms with Gasteiger partial charge in [-0.2, -0.15) is 0 Å². The first-order valence-electron chi connectivity index (χ1n) is 10.7. The van der Waals surface area contributed by atoms with Crippen molar-refractivity contribution in [2.45, 2.75) is 53.6 Å². The first-order valence-corrected chi connectivity index (χ1v) is 10.7. The Kier molecular flexibility index (Phi) is 6.88. The minimum Gasteiger partial charge on any atom is -0.493 e. The molecule has 6 heteroatoms. The number of hydrogen-bond donors (Lipinski definition) is 1. The molecule has 0 saturated heterocycles. The third kappa shape index (κ3) is 5.01. The molecule has 0 saturated carbocycles. The second kappa shape index (κ2) is 9.41. The van der Waals surface area contributed by atoms with Gasteiger partial charge in [-0.3, -0.25) is 9.59 Å². The van der Waals surface area contributed by atoms with E-state index in [-0.39, 0.29) is 11.8 Å². The average Bonchev–Trinajstić information content (AvgIpc) is 2.94. The van der Waals surface area contributed by atoms with Gasteiger partial charge in [0.25, 0.3) is 5.91 Å². The maximum Gasteiger partial charge on any atom is 0.254 e. The normalized spacial score (nSPS) is 15.3. The Morgan fingerprint density at radius 2 is 1.90 bits per heavy atom. The molecule has 0 bridgehead atoms. The number of aryl methyl sites for hydroxylation is 2. The second-order valence-electron chi connectivity index (χ2n) is 8.59. The zero-order valence-electron chi connectivity index (χ0n) is 19.2. The molecule has 0 radical (unpaired) electrons. The van der Waals surface area contributed by atoms with Crippen LogP contribution in [-0.4, -0.2) is 25.5 Å². The van der Waals surface area contributed by atoms with Crippen LogP contribution in [0.5, 0.6) is 11.5 Å². The summed E-state index contributed by atoms with van der Waals surface area (Å²) in [6, 6.07) is 9.13. The molecule has 31 heavy (non-hydrogen) atoms. The summed E-state index contributed by atoms with van der Waals surface area (Å²) >= 11 is 0. The molecule has 0 spiro atoms. The fourth-order valence-corrected chi connectivity index (χ4v) is 4.00. The highest BCUT2D eigenvalue weighted by Gasteiger charge is 2.39. The Hall–Kier alpha value is -3.02. The van der Waals surface area contributed by atoms with Gasteiger partial charge in [0.15, 0.2) is 11.5 Å². The van der Waals surface area contributed by atoms with Crippen molar-refractivity contribution >= 4 is 17.5 Å². The van der Waals surface area contributed by atoms with Crippen LogP contribution in [0.2, 0.25) is 0 Å². The summed E-state index contributed by atoms with van der Waals surface area (Å²) < 4.78 is 11.4. The van der Waals surface area contributed by atoms with Crippen molar-refractivity contribution in [2.75, 3.05) is 18.6 Å². The lowest BCUT2D eigenvalue weighted by atomic mass is 10.0. The fourth-order valence-electron chi connectivity index (χ4n) is 4.00. The first kappa shape index (κ1) is 22.7. The van der Waals surface area contributed by atoms with Crippen molar-refractivity contribution in [3.63, 3.8) is 0 Å². The van der Waals surface area contributed by atoms with E-state index in [1.165, 1.54) is 6.92 Å². The Balaban J connectivity index is 1.88. The quantitative estimate of drug-likeness (QED) is 0.679. The number of anilines is 1. The monoisotopic (exact) mass is 424 g/mol. The summed E-state index contributed by atoms with van der Waals surface area (Å²) in [5, 5.41) is 2.81. The molecule has 2 aromatic carbocycles. The highest BCUT2D eigenvalue weighted by Crippen LogP contribution is 2.40. The van der Waals surface area contributed by atoms with Gasteiger partial charge in [0.05, 0.1) is 25.9 Å². The maximum absolute atomic E-state index is 13.2. The van der Waals surface area contributed by atoms with Gasteiger partial charge in [0, 0.05) is 12.5 Å². The van der Waals surface area contributed by atoms with Gasteiger partial charge in [0.1, 0.15) is 6.04 Å². The van der Waals surface area contributed by atoms with Gasteiger partial charge in [-0.15, -0.1) is 0 Å². The Bertz CT molecular complexity index is 984. The van der Waals surface area contributed by atoms with Crippen LogP contribution >= 0.6 is 0 Å². The molecular weight excluding hydrogens is 392 g/mol. The second-order valence-corrected chi connectivity index (χ2v) is 8.59. The van der Waals surface area contributed by atoms with Gasteiger partial charge in [0.2, 0.25) is 5.91 Å². The third-order valence-corrected chi connectivity index (χ3v) is 5.44. The fraction of sp³-hybridized carbons (Fsp3) is 0.440. The molecule has 0 fully saturated rings. The van der Waals surface area contributed by atoms with E-state index in [9.17, 15) is 9.59 Å². The lowest BCUT2D eigenvalue weighted by Gasteiger charge is -2.21. The number of rotatable bonds is 8. The van der Waals surface area contributed by atoms with Crippen molar-refractivity contribution in [1.29, 1.82) is 0 Å². The standard InChI is InChI=1S/C25H32N2O4/c1-15(2)9-10-31-21-8-7-19(13-22(21)30-6)14-27-24-17(4)11-16(3)12-20(24)23(25(27)29)26-18(5)28/h7-8,11-13,15,23H,9-10,14H2,1-6H3,(H,26,28)/t23-/m1/s1. The van der Waals surface area contributed by atoms with Crippen molar-refractivity contribution in [3.8, 4) is 11.5 Å². The number of amides is 2. The predicted molar refractivity (Wildman–Crippen MR) is 122 cm³/mol. The minimum absolute atomic E-state index is 0.130. The number of carbonyl (C=O) groups is 2. The third-order valence-electron chi connectivity index (χ3n) is 5.44. The highest BCUT2D eigenvalue weighted by atomic mass is 16.5. The zero-order valence-corrected chi connectivity index (χ0v) is 19.2. The molecule has 0 unspecified atom stereocenters. The molecule has 3 rings (SSSR count). The number of ether oxygens (including phenoxy) is 2. The molecule has 2 amide bonds. The summed E-state index contributed by atoms with van der Waals surface area (Å²) in [6.45, 7) is 10.7. The Labute approximate surface area is 184 Å². The SMILES string of the molecule is COc1cc(CN2C(=O)[C@H](NC(C)=O)c3cc(C)cc(C)c32)ccc1OCCC(C)C. The van der Waals surface area contributed by atoms with Crippen molar-refractivity contribution in [3.05, 3.63) is 52.6 Å². The summed E-state index contributed by atoms with van der Waals surface area (Å²) in [5.41, 5.74) is 4.71. The molecule has 1 atom stereocenters. The minimum atomic E-state index is -0.661. The molecule has 2 aromatic rings. The van der Waals surface area contributed by atoms with E-state index >= 15 is 0 Å². The molecule has 1 aliphatic rings. The largest absolute Gasteiger partial charge is 0.493 e. The molecule has 166 valence electrons. The van der Waals surface area contributed by atoms with Gasteiger partial charge in [-0.05, 0) is 49.4 Å². The Morgan fingerprint density at radius 1 is 1.16 bits per heavy atom. The van der Waals surface area contributed by atoms with Crippen LogP contribution in [-0.2, 0) is 16.1 Å². The first-order chi connectivity index (χ1) is 14.7. The molecule has 0 aliphatic carbocycles. The van der Waals surface area contributed by atoms with Gasteiger partial charge < -0.3 is 19.7 Å². The van der Waals surface area contributed by atoms with E-state index in [0.29, 0.717) is 30.6 Å². The van der Waals surface area contributed by atoms with Crippen LogP contribution in [0.4, 0.5) is 5.69 Å². The van der Waals surface area contributed by atoms with Crippen LogP contribution in [0, 0.1) is 19.8 Å². The lowest BCUT2D eigenvalue weighted by molar-refractivity contribution is -0.126. The molecule has 1 N–H and O–H groups in total. The van der Waals surface area contributed by atoms with Crippen LogP contribution in [0.25, 0.3) is 0 Å². The lowest BCUT2D eigenvalue weighted by Crippen LogP contribution is -2.36. The van der Waals surface area contributed by atoms with Crippen LogP contribution in [0.3, 0.4) is 0 Å². The maximum atomic E-state index is 13.2. The number of nitrogens with one attached hydrogen (secondary N) is 1. The van der Waals surface area contributed by atoms with Crippen LogP contribution in [0.1, 0.15) is 55.5 Å². The molecule has 1 aliphatic heterocycles. The van der Waals surface area contributed by atoms with E-state index < -0.39 is 6.04 Å². The predicted octanol–water partition coefficient (Wildman–Crippen LogP) is 4.46. The van der Waals surface area contributed by atoms with Gasteiger partial charge in [-0.1, -0.05) is 37.6 Å². The Morgan fingerprint density at radius 3 is 2.55 bits per heavy atom. The number of nitrogens with zero attached hydrogens (tertiary/aromatic N) is 1. The number of fused-ring (bicyclic) bond motifs is 1. The van der Waals surface area contributed by atoms with Crippen LogP contribution < -0.4 is 19.7 Å². The van der Waals surface area contributed by atoms with Gasteiger partial charge >= 0.3 is 0 Å². The summed E-state index contributed by atoms with van der Waals surface area (Å²) in [4.78, 5) is 26.7. The molecule has 0 aromatic heterocycles.